The van der Waals surface area contributed by atoms with Crippen molar-refractivity contribution in [1.82, 2.24) is 10.6 Å². The number of hydrogen-bond acceptors (Lipinski definition) is 4. The summed E-state index contributed by atoms with van der Waals surface area (Å²) < 4.78 is 2.43. The Hall–Kier alpha value is 0.280. The zero-order valence-corrected chi connectivity index (χ0v) is 17.1. The van der Waals surface area contributed by atoms with Crippen LogP contribution in [0.3, 0.4) is 0 Å². The molecule has 0 radical (unpaired) electrons. The molecule has 1 saturated carbocycles. The van der Waals surface area contributed by atoms with Gasteiger partial charge in [-0.05, 0) is 69.0 Å². The summed E-state index contributed by atoms with van der Waals surface area (Å²) in [6.45, 7) is 1.95. The van der Waals surface area contributed by atoms with E-state index in [0.29, 0.717) is 12.1 Å². The van der Waals surface area contributed by atoms with Gasteiger partial charge in [-0.3, -0.25) is 0 Å². The maximum atomic E-state index is 3.76. The van der Waals surface area contributed by atoms with Crippen LogP contribution in [-0.4, -0.2) is 12.1 Å². The molecular weight excluding hydrogens is 444 g/mol. The van der Waals surface area contributed by atoms with Gasteiger partial charge in [0.15, 0.2) is 0 Å². The van der Waals surface area contributed by atoms with E-state index in [1.54, 1.807) is 0 Å². The van der Waals surface area contributed by atoms with Crippen LogP contribution in [0.4, 0.5) is 0 Å². The minimum Gasteiger partial charge on any atom is -0.308 e. The molecule has 1 aliphatic rings. The molecule has 2 aromatic rings. The van der Waals surface area contributed by atoms with Crippen LogP contribution in [0, 0.1) is 0 Å². The Bertz CT molecular complexity index is 544. The second kappa shape index (κ2) is 8.40. The fourth-order valence-electron chi connectivity index (χ4n) is 2.98. The predicted molar refractivity (Wildman–Crippen MR) is 104 cm³/mol. The molecule has 1 aliphatic carbocycles. The van der Waals surface area contributed by atoms with E-state index in [1.807, 2.05) is 22.7 Å². The molecule has 6 heteroatoms. The first-order valence-electron chi connectivity index (χ1n) is 7.66. The lowest BCUT2D eigenvalue weighted by molar-refractivity contribution is 0.282. The zero-order chi connectivity index (χ0) is 15.4. The van der Waals surface area contributed by atoms with Gasteiger partial charge in [0, 0.05) is 34.9 Å². The Labute approximate surface area is 157 Å². The molecule has 2 nitrogen and oxygen atoms in total. The Morgan fingerprint density at radius 1 is 0.818 bits per heavy atom. The lowest BCUT2D eigenvalue weighted by Gasteiger charge is -2.33. The van der Waals surface area contributed by atoms with Crippen molar-refractivity contribution in [2.45, 2.75) is 50.9 Å². The number of rotatable bonds is 6. The second-order valence-electron chi connectivity index (χ2n) is 5.67. The van der Waals surface area contributed by atoms with Gasteiger partial charge in [-0.15, -0.1) is 22.7 Å². The van der Waals surface area contributed by atoms with Gasteiger partial charge in [-0.2, -0.15) is 0 Å². The van der Waals surface area contributed by atoms with Gasteiger partial charge in [0.1, 0.15) is 0 Å². The largest absolute Gasteiger partial charge is 0.308 e. The van der Waals surface area contributed by atoms with Gasteiger partial charge in [0.05, 0.1) is 7.57 Å². The SMILES string of the molecule is Brc1ccc(CN[C@H]2CCCC[C@@H]2NCc2ccc(Br)s2)s1. The van der Waals surface area contributed by atoms with Crippen molar-refractivity contribution in [3.8, 4) is 0 Å². The van der Waals surface area contributed by atoms with Crippen LogP contribution < -0.4 is 10.6 Å². The molecule has 2 heterocycles. The van der Waals surface area contributed by atoms with Crippen molar-refractivity contribution in [3.63, 3.8) is 0 Å². The zero-order valence-electron chi connectivity index (χ0n) is 12.3. The summed E-state index contributed by atoms with van der Waals surface area (Å²) in [5.41, 5.74) is 0. The van der Waals surface area contributed by atoms with E-state index in [-0.39, 0.29) is 0 Å². The monoisotopic (exact) mass is 462 g/mol. The number of halogens is 2. The average Bonchev–Trinajstić information content (AvgIpc) is 3.12. The van der Waals surface area contributed by atoms with Gasteiger partial charge >= 0.3 is 0 Å². The van der Waals surface area contributed by atoms with Gasteiger partial charge in [0.25, 0.3) is 0 Å². The Kier molecular flexibility index (Phi) is 6.53. The van der Waals surface area contributed by atoms with Crippen LogP contribution >= 0.6 is 54.5 Å². The molecule has 0 saturated heterocycles. The molecule has 1 fully saturated rings. The summed E-state index contributed by atoms with van der Waals surface area (Å²) in [4.78, 5) is 2.80. The molecule has 0 amide bonds. The summed E-state index contributed by atoms with van der Waals surface area (Å²) in [5, 5.41) is 7.53. The smallest absolute Gasteiger partial charge is 0.0701 e. The quantitative estimate of drug-likeness (QED) is 0.588. The Balaban J connectivity index is 1.51. The summed E-state index contributed by atoms with van der Waals surface area (Å²) in [5.74, 6) is 0. The van der Waals surface area contributed by atoms with Gasteiger partial charge in [-0.1, -0.05) is 12.8 Å². The van der Waals surface area contributed by atoms with E-state index < -0.39 is 0 Å². The maximum Gasteiger partial charge on any atom is 0.0701 e. The number of hydrogen-bond donors (Lipinski definition) is 2. The minimum absolute atomic E-state index is 0.582. The van der Waals surface area contributed by atoms with Crippen LogP contribution in [0.2, 0.25) is 0 Å². The first kappa shape index (κ1) is 17.1. The standard InChI is InChI=1S/C16H20Br2N2S2/c17-15-7-5-11(21-15)9-19-13-3-1-2-4-14(13)20-10-12-6-8-16(18)22-12/h5-8,13-14,19-20H,1-4,9-10H2/t13-,14-/m0/s1. The van der Waals surface area contributed by atoms with Crippen LogP contribution in [0.15, 0.2) is 31.8 Å². The summed E-state index contributed by atoms with van der Waals surface area (Å²) >= 11 is 10.7. The van der Waals surface area contributed by atoms with E-state index >= 15 is 0 Å². The molecule has 3 rings (SSSR count). The molecule has 0 bridgehead atoms. The third kappa shape index (κ3) is 4.89. The molecule has 0 unspecified atom stereocenters. The molecule has 0 spiro atoms. The first-order chi connectivity index (χ1) is 10.7. The third-order valence-corrected chi connectivity index (χ3v) is 7.35. The number of nitrogens with one attached hydrogen (secondary N) is 2. The summed E-state index contributed by atoms with van der Waals surface area (Å²) in [6.07, 6.45) is 5.24. The highest BCUT2D eigenvalue weighted by molar-refractivity contribution is 9.11. The highest BCUT2D eigenvalue weighted by Crippen LogP contribution is 2.25. The van der Waals surface area contributed by atoms with Crippen molar-refractivity contribution in [3.05, 3.63) is 41.6 Å². The predicted octanol–water partition coefficient (Wildman–Crippen LogP) is 5.53. The van der Waals surface area contributed by atoms with Crippen LogP contribution in [0.5, 0.6) is 0 Å². The molecule has 0 aliphatic heterocycles. The van der Waals surface area contributed by atoms with Crippen molar-refractivity contribution in [2.75, 3.05) is 0 Å². The van der Waals surface area contributed by atoms with Crippen molar-refractivity contribution < 1.29 is 0 Å². The van der Waals surface area contributed by atoms with E-state index in [0.717, 1.165) is 13.1 Å². The minimum atomic E-state index is 0.582. The fourth-order valence-corrected chi connectivity index (χ4v) is 5.84. The van der Waals surface area contributed by atoms with Crippen LogP contribution in [0.25, 0.3) is 0 Å². The average molecular weight is 464 g/mol. The van der Waals surface area contributed by atoms with E-state index in [4.69, 9.17) is 0 Å². The summed E-state index contributed by atoms with van der Waals surface area (Å²) in [6, 6.07) is 9.84. The molecule has 22 heavy (non-hydrogen) atoms. The Morgan fingerprint density at radius 3 is 1.64 bits per heavy atom. The van der Waals surface area contributed by atoms with Gasteiger partial charge < -0.3 is 10.6 Å². The molecule has 2 atom stereocenters. The molecule has 2 N–H and O–H groups in total. The van der Waals surface area contributed by atoms with Gasteiger partial charge in [-0.25, -0.2) is 0 Å². The second-order valence-corrected chi connectivity index (χ2v) is 10.8. The van der Waals surface area contributed by atoms with E-state index in [9.17, 15) is 0 Å². The normalized spacial score (nSPS) is 22.1. The summed E-state index contributed by atoms with van der Waals surface area (Å²) in [7, 11) is 0. The van der Waals surface area contributed by atoms with E-state index in [2.05, 4.69) is 66.8 Å². The van der Waals surface area contributed by atoms with Crippen LogP contribution in [0.1, 0.15) is 35.4 Å². The van der Waals surface area contributed by atoms with Gasteiger partial charge in [0.2, 0.25) is 0 Å². The van der Waals surface area contributed by atoms with E-state index in [1.165, 1.54) is 43.0 Å². The topological polar surface area (TPSA) is 24.1 Å². The maximum absolute atomic E-state index is 3.76. The lowest BCUT2D eigenvalue weighted by atomic mass is 9.90. The molecule has 0 aromatic carbocycles. The molecular formula is C16H20Br2N2S2. The third-order valence-electron chi connectivity index (χ3n) is 4.10. The highest BCUT2D eigenvalue weighted by Gasteiger charge is 2.24. The van der Waals surface area contributed by atoms with Crippen molar-refractivity contribution in [2.24, 2.45) is 0 Å². The molecule has 2 aromatic heterocycles. The highest BCUT2D eigenvalue weighted by atomic mass is 79.9. The fraction of sp³-hybridized carbons (Fsp3) is 0.500. The van der Waals surface area contributed by atoms with Crippen LogP contribution in [-0.2, 0) is 13.1 Å². The van der Waals surface area contributed by atoms with Crippen molar-refractivity contribution in [1.29, 1.82) is 0 Å². The molecule has 120 valence electrons. The number of thiophene rings is 2. The Morgan fingerprint density at radius 2 is 1.27 bits per heavy atom. The first-order valence-corrected chi connectivity index (χ1v) is 10.9. The lowest BCUT2D eigenvalue weighted by Crippen LogP contribution is -2.49. The van der Waals surface area contributed by atoms with Crippen molar-refractivity contribution >= 4 is 54.5 Å².